The Morgan fingerprint density at radius 1 is 1.15 bits per heavy atom. The van der Waals surface area contributed by atoms with Crippen molar-refractivity contribution in [3.05, 3.63) is 63.1 Å². The van der Waals surface area contributed by atoms with Crippen molar-refractivity contribution >= 4 is 56.3 Å². The number of benzene rings is 2. The average molecular weight is 370 g/mol. The van der Waals surface area contributed by atoms with E-state index in [0.29, 0.717) is 25.7 Å². The number of carbonyl (C=O) groups excluding carboxylic acids is 1. The third-order valence-electron chi connectivity index (χ3n) is 2.61. The van der Waals surface area contributed by atoms with Crippen LogP contribution in [0.5, 0.6) is 0 Å². The molecular formula is C14H10BrClN2OS. The molecule has 0 spiro atoms. The van der Waals surface area contributed by atoms with E-state index in [1.54, 1.807) is 42.5 Å². The van der Waals surface area contributed by atoms with Gasteiger partial charge in [-0.15, -0.1) is 0 Å². The Labute approximate surface area is 135 Å². The number of nitrogens with two attached hydrogens (primary N) is 1. The zero-order valence-corrected chi connectivity index (χ0v) is 13.3. The third-order valence-corrected chi connectivity index (χ3v) is 3.75. The summed E-state index contributed by atoms with van der Waals surface area (Å²) in [7, 11) is 0. The molecule has 3 N–H and O–H groups in total. The van der Waals surface area contributed by atoms with Gasteiger partial charge in [0.1, 0.15) is 4.99 Å². The van der Waals surface area contributed by atoms with Crippen molar-refractivity contribution in [1.29, 1.82) is 0 Å². The number of rotatable bonds is 3. The van der Waals surface area contributed by atoms with Crippen LogP contribution in [-0.2, 0) is 0 Å². The van der Waals surface area contributed by atoms with E-state index in [1.165, 1.54) is 0 Å². The van der Waals surface area contributed by atoms with E-state index in [9.17, 15) is 4.79 Å². The minimum absolute atomic E-state index is 0.217. The minimum Gasteiger partial charge on any atom is -0.389 e. The fraction of sp³-hybridized carbons (Fsp3) is 0. The molecule has 1 amide bonds. The largest absolute Gasteiger partial charge is 0.389 e. The van der Waals surface area contributed by atoms with E-state index in [4.69, 9.17) is 29.6 Å². The molecule has 0 heterocycles. The van der Waals surface area contributed by atoms with E-state index in [1.807, 2.05) is 0 Å². The highest BCUT2D eigenvalue weighted by Crippen LogP contribution is 2.24. The average Bonchev–Trinajstić information content (AvgIpc) is 2.41. The number of hydrogen-bond acceptors (Lipinski definition) is 2. The molecule has 3 nitrogen and oxygen atoms in total. The quantitative estimate of drug-likeness (QED) is 0.804. The van der Waals surface area contributed by atoms with Gasteiger partial charge in [-0.25, -0.2) is 0 Å². The van der Waals surface area contributed by atoms with Gasteiger partial charge in [0.25, 0.3) is 5.91 Å². The molecule has 20 heavy (non-hydrogen) atoms. The van der Waals surface area contributed by atoms with E-state index in [0.717, 1.165) is 5.56 Å². The van der Waals surface area contributed by atoms with Gasteiger partial charge in [-0.05, 0) is 58.4 Å². The molecule has 0 aromatic heterocycles. The van der Waals surface area contributed by atoms with Crippen molar-refractivity contribution in [2.24, 2.45) is 5.73 Å². The molecule has 0 unspecified atom stereocenters. The lowest BCUT2D eigenvalue weighted by Crippen LogP contribution is -2.13. The zero-order valence-electron chi connectivity index (χ0n) is 10.2. The monoisotopic (exact) mass is 368 g/mol. The van der Waals surface area contributed by atoms with Crippen molar-refractivity contribution in [1.82, 2.24) is 0 Å². The predicted molar refractivity (Wildman–Crippen MR) is 89.4 cm³/mol. The molecule has 0 saturated heterocycles. The van der Waals surface area contributed by atoms with Crippen molar-refractivity contribution in [2.75, 3.05) is 5.32 Å². The molecule has 0 atom stereocenters. The predicted octanol–water partition coefficient (Wildman–Crippen LogP) is 3.99. The first-order valence-electron chi connectivity index (χ1n) is 5.63. The number of nitrogens with one attached hydrogen (secondary N) is 1. The van der Waals surface area contributed by atoms with Gasteiger partial charge in [0, 0.05) is 20.6 Å². The van der Waals surface area contributed by atoms with Gasteiger partial charge in [0.2, 0.25) is 0 Å². The topological polar surface area (TPSA) is 55.1 Å². The number of halogens is 2. The van der Waals surface area contributed by atoms with Crippen LogP contribution >= 0.6 is 39.7 Å². The van der Waals surface area contributed by atoms with Crippen LogP contribution in [0.25, 0.3) is 0 Å². The van der Waals surface area contributed by atoms with Gasteiger partial charge >= 0.3 is 0 Å². The van der Waals surface area contributed by atoms with Crippen molar-refractivity contribution in [3.63, 3.8) is 0 Å². The van der Waals surface area contributed by atoms with Gasteiger partial charge < -0.3 is 11.1 Å². The summed E-state index contributed by atoms with van der Waals surface area (Å²) in [6.07, 6.45) is 0. The summed E-state index contributed by atoms with van der Waals surface area (Å²) in [6.45, 7) is 0. The van der Waals surface area contributed by atoms with Crippen LogP contribution in [0, 0.1) is 0 Å². The highest BCUT2D eigenvalue weighted by Gasteiger charge is 2.09. The third kappa shape index (κ3) is 3.56. The standard InChI is InChI=1S/C14H10BrClN2OS/c15-11-7-9(13(17)20)3-6-12(11)18-14(19)8-1-4-10(16)5-2-8/h1-7H,(H2,17,20)(H,18,19). The Morgan fingerprint density at radius 3 is 2.30 bits per heavy atom. The Kier molecular flexibility index (Phi) is 4.75. The lowest BCUT2D eigenvalue weighted by Gasteiger charge is -2.09. The van der Waals surface area contributed by atoms with Crippen LogP contribution < -0.4 is 11.1 Å². The smallest absolute Gasteiger partial charge is 0.255 e. The lowest BCUT2D eigenvalue weighted by molar-refractivity contribution is 0.102. The second kappa shape index (κ2) is 6.35. The van der Waals surface area contributed by atoms with Crippen LogP contribution in [0.4, 0.5) is 5.69 Å². The van der Waals surface area contributed by atoms with E-state index < -0.39 is 0 Å². The molecular weight excluding hydrogens is 360 g/mol. The molecule has 0 fully saturated rings. The first-order valence-corrected chi connectivity index (χ1v) is 7.21. The highest BCUT2D eigenvalue weighted by atomic mass is 79.9. The summed E-state index contributed by atoms with van der Waals surface area (Å²) in [6, 6.07) is 11.9. The highest BCUT2D eigenvalue weighted by molar-refractivity contribution is 9.10. The maximum Gasteiger partial charge on any atom is 0.255 e. The second-order valence-corrected chi connectivity index (χ2v) is 5.75. The summed E-state index contributed by atoms with van der Waals surface area (Å²) in [5.41, 5.74) is 7.45. The first kappa shape index (κ1) is 15.0. The molecule has 0 radical (unpaired) electrons. The Hall–Kier alpha value is -1.43. The SMILES string of the molecule is NC(=S)c1ccc(NC(=O)c2ccc(Cl)cc2)c(Br)c1. The molecule has 102 valence electrons. The van der Waals surface area contributed by atoms with Gasteiger partial charge in [0.15, 0.2) is 0 Å². The van der Waals surface area contributed by atoms with E-state index >= 15 is 0 Å². The van der Waals surface area contributed by atoms with E-state index in [-0.39, 0.29) is 5.91 Å². The zero-order chi connectivity index (χ0) is 14.7. The fourth-order valence-electron chi connectivity index (χ4n) is 1.57. The Bertz CT molecular complexity index is 673. The minimum atomic E-state index is -0.217. The number of carbonyl (C=O) groups is 1. The van der Waals surface area contributed by atoms with E-state index in [2.05, 4.69) is 21.2 Å². The molecule has 2 aromatic rings. The molecule has 0 aliphatic carbocycles. The maximum absolute atomic E-state index is 12.1. The summed E-state index contributed by atoms with van der Waals surface area (Å²) in [5.74, 6) is -0.217. The molecule has 0 aliphatic heterocycles. The molecule has 2 rings (SSSR count). The first-order chi connectivity index (χ1) is 9.47. The lowest BCUT2D eigenvalue weighted by atomic mass is 10.2. The van der Waals surface area contributed by atoms with Gasteiger partial charge in [-0.2, -0.15) is 0 Å². The fourth-order valence-corrected chi connectivity index (χ4v) is 2.30. The second-order valence-electron chi connectivity index (χ2n) is 4.02. The molecule has 6 heteroatoms. The number of anilines is 1. The van der Waals surface area contributed by atoms with Crippen LogP contribution in [0.15, 0.2) is 46.9 Å². The van der Waals surface area contributed by atoms with Crippen molar-refractivity contribution < 1.29 is 4.79 Å². The Balaban J connectivity index is 2.19. The van der Waals surface area contributed by atoms with Crippen LogP contribution in [0.1, 0.15) is 15.9 Å². The van der Waals surface area contributed by atoms with Crippen molar-refractivity contribution in [2.45, 2.75) is 0 Å². The van der Waals surface area contributed by atoms with Gasteiger partial charge in [0.05, 0.1) is 5.69 Å². The summed E-state index contributed by atoms with van der Waals surface area (Å²) in [5, 5.41) is 3.39. The molecule has 0 aliphatic rings. The molecule has 0 bridgehead atoms. The van der Waals surface area contributed by atoms with Crippen molar-refractivity contribution in [3.8, 4) is 0 Å². The molecule has 0 saturated carbocycles. The summed E-state index contributed by atoms with van der Waals surface area (Å²) >= 11 is 14.1. The van der Waals surface area contributed by atoms with Gasteiger partial charge in [-0.1, -0.05) is 23.8 Å². The number of hydrogen-bond donors (Lipinski definition) is 2. The normalized spacial score (nSPS) is 10.1. The van der Waals surface area contributed by atoms with Crippen LogP contribution in [0.2, 0.25) is 5.02 Å². The number of amides is 1. The van der Waals surface area contributed by atoms with Crippen LogP contribution in [-0.4, -0.2) is 10.9 Å². The number of thiocarbonyl (C=S) groups is 1. The van der Waals surface area contributed by atoms with Crippen LogP contribution in [0.3, 0.4) is 0 Å². The summed E-state index contributed by atoms with van der Waals surface area (Å²) < 4.78 is 0.713. The Morgan fingerprint density at radius 2 is 1.75 bits per heavy atom. The molecule has 2 aromatic carbocycles. The van der Waals surface area contributed by atoms with Gasteiger partial charge in [-0.3, -0.25) is 4.79 Å². The maximum atomic E-state index is 12.1. The summed E-state index contributed by atoms with van der Waals surface area (Å²) in [4.78, 5) is 12.4.